The Labute approximate surface area is 164 Å². The van der Waals surface area contributed by atoms with Crippen molar-refractivity contribution in [3.05, 3.63) is 50.3 Å². The summed E-state index contributed by atoms with van der Waals surface area (Å²) in [7, 11) is 0. The van der Waals surface area contributed by atoms with E-state index in [2.05, 4.69) is 26.8 Å². The molecular formula is C18H18N4O3S2. The van der Waals surface area contributed by atoms with Gasteiger partial charge in [0.15, 0.2) is 5.17 Å². The number of hydroxylamine groups is 1. The number of thioether (sulfide) groups is 1. The number of aliphatic imine (C=N–C) groups is 1. The fraction of sp³-hybridized carbons (Fsp3) is 0.222. The molecule has 2 aromatic rings. The minimum absolute atomic E-state index is 0.169. The number of hydrogen-bond acceptors (Lipinski definition) is 7. The molecule has 0 atom stereocenters. The van der Waals surface area contributed by atoms with Crippen LogP contribution in [0.25, 0.3) is 6.08 Å². The first-order chi connectivity index (χ1) is 13.0. The van der Waals surface area contributed by atoms with Gasteiger partial charge in [-0.05, 0) is 43.3 Å². The van der Waals surface area contributed by atoms with Crippen molar-refractivity contribution in [2.75, 3.05) is 6.61 Å². The second-order valence-corrected chi connectivity index (χ2v) is 7.94. The molecular weight excluding hydrogens is 384 g/mol. The summed E-state index contributed by atoms with van der Waals surface area (Å²) >= 11 is 2.78. The number of amides is 2. The highest BCUT2D eigenvalue weighted by atomic mass is 32.2. The Balaban J connectivity index is 1.67. The molecule has 1 aromatic carbocycles. The van der Waals surface area contributed by atoms with E-state index in [0.29, 0.717) is 29.5 Å². The molecule has 2 N–H and O–H groups in total. The molecule has 1 aliphatic heterocycles. The molecule has 7 nitrogen and oxygen atoms in total. The lowest BCUT2D eigenvalue weighted by molar-refractivity contribution is -0.120. The summed E-state index contributed by atoms with van der Waals surface area (Å²) in [5, 5.41) is 4.23. The van der Waals surface area contributed by atoms with Gasteiger partial charge < -0.3 is 5.32 Å². The van der Waals surface area contributed by atoms with Crippen LogP contribution in [0, 0.1) is 13.8 Å². The van der Waals surface area contributed by atoms with Crippen LogP contribution in [0.15, 0.2) is 34.3 Å². The fourth-order valence-corrected chi connectivity index (χ4v) is 4.13. The molecule has 2 heterocycles. The van der Waals surface area contributed by atoms with Crippen molar-refractivity contribution >= 4 is 52.3 Å². The first kappa shape index (κ1) is 19.3. The lowest BCUT2D eigenvalue weighted by Crippen LogP contribution is -2.19. The van der Waals surface area contributed by atoms with Crippen molar-refractivity contribution in [3.63, 3.8) is 0 Å². The highest BCUT2D eigenvalue weighted by Crippen LogP contribution is 2.30. The summed E-state index contributed by atoms with van der Waals surface area (Å²) in [5.74, 6) is -0.169. The normalized spacial score (nSPS) is 16.7. The van der Waals surface area contributed by atoms with Crippen LogP contribution in [-0.4, -0.2) is 29.1 Å². The fourth-order valence-electron chi connectivity index (χ4n) is 2.39. The predicted molar refractivity (Wildman–Crippen MR) is 108 cm³/mol. The van der Waals surface area contributed by atoms with E-state index in [0.717, 1.165) is 21.1 Å². The van der Waals surface area contributed by atoms with E-state index in [9.17, 15) is 9.59 Å². The number of rotatable bonds is 7. The summed E-state index contributed by atoms with van der Waals surface area (Å²) in [6.45, 7) is 4.37. The Morgan fingerprint density at radius 2 is 2.22 bits per heavy atom. The third-order valence-corrected chi connectivity index (χ3v) is 5.53. The SMILES string of the molecule is Cc1ccc(N=C2NC(=O)/C(=C/c3cnc(CCONC=O)s3)S2)c(C)c1. The molecule has 1 aliphatic rings. The summed E-state index contributed by atoms with van der Waals surface area (Å²) < 4.78 is 0. The molecule has 0 spiro atoms. The Hall–Kier alpha value is -2.49. The standard InChI is InChI=1S/C18H18N4O3S2/c1-11-3-4-14(12(2)7-11)21-18-22-17(24)15(27-18)8-13-9-19-16(26-13)5-6-25-20-10-23/h3-4,7-10H,5-6H2,1-2H3,(H,20,23)(H,21,22,24)/b15-8-. The van der Waals surface area contributed by atoms with Crippen molar-refractivity contribution in [3.8, 4) is 0 Å². The van der Waals surface area contributed by atoms with Crippen LogP contribution in [0.4, 0.5) is 5.69 Å². The molecule has 0 bridgehead atoms. The molecule has 0 radical (unpaired) electrons. The Morgan fingerprint density at radius 1 is 1.37 bits per heavy atom. The number of nitrogens with one attached hydrogen (secondary N) is 2. The van der Waals surface area contributed by atoms with E-state index in [-0.39, 0.29) is 5.91 Å². The number of nitrogens with zero attached hydrogens (tertiary/aromatic N) is 2. The zero-order chi connectivity index (χ0) is 19.2. The minimum atomic E-state index is -0.169. The maximum absolute atomic E-state index is 12.2. The Kier molecular flexibility index (Phi) is 6.38. The molecule has 2 amide bonds. The van der Waals surface area contributed by atoms with Crippen LogP contribution in [0.3, 0.4) is 0 Å². The summed E-state index contributed by atoms with van der Waals surface area (Å²) in [4.78, 5) is 37.5. The summed E-state index contributed by atoms with van der Waals surface area (Å²) in [6, 6.07) is 6.01. The van der Waals surface area contributed by atoms with Crippen molar-refractivity contribution in [2.24, 2.45) is 4.99 Å². The number of aryl methyl sites for hydroxylation is 2. The number of carbonyl (C=O) groups is 2. The number of carbonyl (C=O) groups excluding carboxylic acids is 2. The average Bonchev–Trinajstić information content (AvgIpc) is 3.21. The van der Waals surface area contributed by atoms with E-state index in [4.69, 9.17) is 4.84 Å². The molecule has 140 valence electrons. The first-order valence-corrected chi connectivity index (χ1v) is 9.81. The smallest absolute Gasteiger partial charge is 0.264 e. The third-order valence-electron chi connectivity index (χ3n) is 3.62. The molecule has 1 aromatic heterocycles. The van der Waals surface area contributed by atoms with E-state index in [1.807, 2.05) is 26.0 Å². The molecule has 0 saturated carbocycles. The minimum Gasteiger partial charge on any atom is -0.300 e. The maximum atomic E-state index is 12.2. The van der Waals surface area contributed by atoms with E-state index >= 15 is 0 Å². The zero-order valence-electron chi connectivity index (χ0n) is 14.8. The lowest BCUT2D eigenvalue weighted by Gasteiger charge is -2.02. The number of hydrogen-bond donors (Lipinski definition) is 2. The molecule has 3 rings (SSSR count). The van der Waals surface area contributed by atoms with Crippen LogP contribution in [0.1, 0.15) is 21.0 Å². The lowest BCUT2D eigenvalue weighted by atomic mass is 10.1. The predicted octanol–water partition coefficient (Wildman–Crippen LogP) is 2.87. The van der Waals surface area contributed by atoms with Crippen LogP contribution >= 0.6 is 23.1 Å². The molecule has 1 fully saturated rings. The Bertz CT molecular complexity index is 921. The van der Waals surface area contributed by atoms with Crippen LogP contribution < -0.4 is 10.8 Å². The highest BCUT2D eigenvalue weighted by Gasteiger charge is 2.24. The molecule has 9 heteroatoms. The van der Waals surface area contributed by atoms with Gasteiger partial charge in [-0.1, -0.05) is 17.7 Å². The quantitative estimate of drug-likeness (QED) is 0.322. The van der Waals surface area contributed by atoms with Gasteiger partial charge in [0.25, 0.3) is 5.91 Å². The van der Waals surface area contributed by atoms with Crippen LogP contribution in [0.2, 0.25) is 0 Å². The molecule has 27 heavy (non-hydrogen) atoms. The molecule has 0 unspecified atom stereocenters. The third kappa shape index (κ3) is 5.25. The van der Waals surface area contributed by atoms with Crippen molar-refractivity contribution in [1.29, 1.82) is 0 Å². The second kappa shape index (κ2) is 8.94. The largest absolute Gasteiger partial charge is 0.300 e. The second-order valence-electron chi connectivity index (χ2n) is 5.76. The van der Waals surface area contributed by atoms with Crippen molar-refractivity contribution in [1.82, 2.24) is 15.8 Å². The van der Waals surface area contributed by atoms with Gasteiger partial charge in [-0.3, -0.25) is 14.4 Å². The van der Waals surface area contributed by atoms with Gasteiger partial charge >= 0.3 is 0 Å². The van der Waals surface area contributed by atoms with Gasteiger partial charge in [-0.15, -0.1) is 11.3 Å². The zero-order valence-corrected chi connectivity index (χ0v) is 16.4. The van der Waals surface area contributed by atoms with Crippen molar-refractivity contribution < 1.29 is 14.4 Å². The summed E-state index contributed by atoms with van der Waals surface area (Å²) in [5.41, 5.74) is 5.22. The number of amidine groups is 1. The Morgan fingerprint density at radius 3 is 3.00 bits per heavy atom. The first-order valence-electron chi connectivity index (χ1n) is 8.17. The van der Waals surface area contributed by atoms with Crippen LogP contribution in [-0.2, 0) is 20.8 Å². The molecule has 1 saturated heterocycles. The summed E-state index contributed by atoms with van der Waals surface area (Å²) in [6.07, 6.45) is 4.57. The van der Waals surface area contributed by atoms with Gasteiger partial charge in [0.1, 0.15) is 0 Å². The van der Waals surface area contributed by atoms with Crippen LogP contribution in [0.5, 0.6) is 0 Å². The van der Waals surface area contributed by atoms with E-state index < -0.39 is 0 Å². The number of benzene rings is 1. The van der Waals surface area contributed by atoms with Gasteiger partial charge in [0.05, 0.1) is 22.2 Å². The maximum Gasteiger partial charge on any atom is 0.264 e. The number of aromatic nitrogens is 1. The monoisotopic (exact) mass is 402 g/mol. The average molecular weight is 403 g/mol. The highest BCUT2D eigenvalue weighted by molar-refractivity contribution is 8.18. The molecule has 0 aliphatic carbocycles. The van der Waals surface area contributed by atoms with Gasteiger partial charge in [0, 0.05) is 17.5 Å². The van der Waals surface area contributed by atoms with Gasteiger partial charge in [0.2, 0.25) is 6.41 Å². The van der Waals surface area contributed by atoms with Crippen molar-refractivity contribution in [2.45, 2.75) is 20.3 Å². The van der Waals surface area contributed by atoms with Gasteiger partial charge in [-0.2, -0.15) is 0 Å². The van der Waals surface area contributed by atoms with E-state index in [1.54, 1.807) is 12.3 Å². The topological polar surface area (TPSA) is 92.7 Å². The van der Waals surface area contributed by atoms with E-state index in [1.165, 1.54) is 28.7 Å². The number of thiazole rings is 1. The van der Waals surface area contributed by atoms with Gasteiger partial charge in [-0.25, -0.2) is 15.5 Å².